The van der Waals surface area contributed by atoms with Gasteiger partial charge in [-0.2, -0.15) is 0 Å². The van der Waals surface area contributed by atoms with Crippen LogP contribution >= 0.6 is 23.4 Å². The lowest BCUT2D eigenvalue weighted by Gasteiger charge is -2.12. The van der Waals surface area contributed by atoms with Gasteiger partial charge in [-0.3, -0.25) is 4.57 Å². The van der Waals surface area contributed by atoms with Gasteiger partial charge in [-0.1, -0.05) is 71.9 Å². The smallest absolute Gasteiger partial charge is 0.196 e. The number of rotatable bonds is 8. The van der Waals surface area contributed by atoms with Crippen LogP contribution in [0.5, 0.6) is 11.5 Å². The minimum absolute atomic E-state index is 0.259. The molecule has 4 aromatic rings. The van der Waals surface area contributed by atoms with E-state index in [0.717, 1.165) is 21.4 Å². The second kappa shape index (κ2) is 9.69. The zero-order valence-electron chi connectivity index (χ0n) is 16.4. The van der Waals surface area contributed by atoms with Crippen LogP contribution in [0.4, 0.5) is 0 Å². The Bertz CT molecular complexity index is 1120. The summed E-state index contributed by atoms with van der Waals surface area (Å²) in [6.45, 7) is 0.259. The van der Waals surface area contributed by atoms with Crippen LogP contribution in [-0.2, 0) is 12.4 Å². The second-order valence-electron chi connectivity index (χ2n) is 6.39. The highest BCUT2D eigenvalue weighted by atomic mass is 35.5. The molecule has 0 saturated heterocycles. The molecule has 0 aliphatic rings. The third-order valence-electron chi connectivity index (χ3n) is 4.46. The summed E-state index contributed by atoms with van der Waals surface area (Å²) < 4.78 is 13.4. The molecule has 0 atom stereocenters. The van der Waals surface area contributed by atoms with Crippen molar-refractivity contribution < 1.29 is 9.47 Å². The molecule has 0 spiro atoms. The average molecular weight is 438 g/mol. The van der Waals surface area contributed by atoms with Crippen LogP contribution in [0.25, 0.3) is 5.69 Å². The maximum atomic E-state index is 6.31. The third-order valence-corrected chi connectivity index (χ3v) is 5.80. The van der Waals surface area contributed by atoms with E-state index in [2.05, 4.69) is 10.2 Å². The van der Waals surface area contributed by atoms with Gasteiger partial charge in [0, 0.05) is 16.5 Å². The van der Waals surface area contributed by atoms with E-state index in [1.807, 2.05) is 83.4 Å². The highest BCUT2D eigenvalue weighted by Gasteiger charge is 2.16. The Balaban J connectivity index is 1.60. The lowest BCUT2D eigenvalue weighted by molar-refractivity contribution is 0.274. The van der Waals surface area contributed by atoms with E-state index in [4.69, 9.17) is 21.1 Å². The Hall–Kier alpha value is -2.96. The number of hydrogen-bond acceptors (Lipinski definition) is 5. The Morgan fingerprint density at radius 3 is 2.33 bits per heavy atom. The van der Waals surface area contributed by atoms with Gasteiger partial charge in [-0.15, -0.1) is 10.2 Å². The van der Waals surface area contributed by atoms with Gasteiger partial charge < -0.3 is 9.47 Å². The zero-order valence-corrected chi connectivity index (χ0v) is 17.9. The summed E-state index contributed by atoms with van der Waals surface area (Å²) in [5.41, 5.74) is 2.03. The second-order valence-corrected chi connectivity index (χ2v) is 7.74. The Morgan fingerprint density at radius 1 is 0.867 bits per heavy atom. The average Bonchev–Trinajstić information content (AvgIpc) is 3.20. The van der Waals surface area contributed by atoms with Crippen molar-refractivity contribution in [3.05, 3.63) is 95.3 Å². The molecule has 1 heterocycles. The van der Waals surface area contributed by atoms with Gasteiger partial charge in [0.25, 0.3) is 0 Å². The molecule has 0 aliphatic carbocycles. The van der Waals surface area contributed by atoms with Crippen LogP contribution in [0, 0.1) is 0 Å². The van der Waals surface area contributed by atoms with E-state index in [-0.39, 0.29) is 6.61 Å². The molecule has 0 aliphatic heterocycles. The Labute approximate surface area is 184 Å². The quantitative estimate of drug-likeness (QED) is 0.326. The Morgan fingerprint density at radius 2 is 1.57 bits per heavy atom. The van der Waals surface area contributed by atoms with Crippen molar-refractivity contribution in [2.75, 3.05) is 7.11 Å². The van der Waals surface area contributed by atoms with Gasteiger partial charge in [0.15, 0.2) is 22.5 Å². The first-order chi connectivity index (χ1) is 14.8. The van der Waals surface area contributed by atoms with Crippen molar-refractivity contribution in [2.24, 2.45) is 0 Å². The zero-order chi connectivity index (χ0) is 20.8. The summed E-state index contributed by atoms with van der Waals surface area (Å²) in [4.78, 5) is 0. The van der Waals surface area contributed by atoms with Crippen molar-refractivity contribution in [1.29, 1.82) is 0 Å². The number of nitrogens with zero attached hydrogens (tertiary/aromatic N) is 3. The molecule has 1 aromatic heterocycles. The monoisotopic (exact) mass is 437 g/mol. The summed E-state index contributed by atoms with van der Waals surface area (Å²) in [7, 11) is 1.62. The van der Waals surface area contributed by atoms with Crippen LogP contribution in [0.3, 0.4) is 0 Å². The molecule has 0 fully saturated rings. The molecule has 30 heavy (non-hydrogen) atoms. The lowest BCUT2D eigenvalue weighted by atomic mass is 10.2. The summed E-state index contributed by atoms with van der Waals surface area (Å²) in [5.74, 6) is 2.73. The molecule has 0 N–H and O–H groups in total. The predicted octanol–water partition coefficient (Wildman–Crippen LogP) is 5.80. The molecular formula is C23H20ClN3O2S. The van der Waals surface area contributed by atoms with E-state index in [9.17, 15) is 0 Å². The van der Waals surface area contributed by atoms with E-state index in [1.54, 1.807) is 18.9 Å². The topological polar surface area (TPSA) is 49.2 Å². The van der Waals surface area contributed by atoms with Gasteiger partial charge in [0.1, 0.15) is 6.61 Å². The Kier molecular flexibility index (Phi) is 6.57. The molecule has 4 rings (SSSR count). The fraction of sp³-hybridized carbons (Fsp3) is 0.130. The molecule has 0 bridgehead atoms. The van der Waals surface area contributed by atoms with Crippen LogP contribution < -0.4 is 9.47 Å². The van der Waals surface area contributed by atoms with Gasteiger partial charge in [0.05, 0.1) is 7.11 Å². The number of halogens is 1. The maximum Gasteiger partial charge on any atom is 0.196 e. The first-order valence-corrected chi connectivity index (χ1v) is 10.7. The van der Waals surface area contributed by atoms with Crippen molar-refractivity contribution in [2.45, 2.75) is 17.5 Å². The SMILES string of the molecule is COc1ccccc1OCc1nnc(SCc2ccccc2Cl)n1-c1ccccc1. The minimum Gasteiger partial charge on any atom is -0.493 e. The van der Waals surface area contributed by atoms with Crippen molar-refractivity contribution in [1.82, 2.24) is 14.8 Å². The standard InChI is InChI=1S/C23H20ClN3O2S/c1-28-20-13-7-8-14-21(20)29-15-22-25-26-23(27(22)18-10-3-2-4-11-18)30-16-17-9-5-6-12-19(17)24/h2-14H,15-16H2,1H3. The summed E-state index contributed by atoms with van der Waals surface area (Å²) in [5, 5.41) is 10.3. The molecule has 5 nitrogen and oxygen atoms in total. The van der Waals surface area contributed by atoms with Crippen LogP contribution in [0.2, 0.25) is 5.02 Å². The number of aromatic nitrogens is 3. The fourth-order valence-electron chi connectivity index (χ4n) is 2.96. The van der Waals surface area contributed by atoms with Crippen molar-refractivity contribution >= 4 is 23.4 Å². The fourth-order valence-corrected chi connectivity index (χ4v) is 4.22. The largest absolute Gasteiger partial charge is 0.493 e. The van der Waals surface area contributed by atoms with Crippen LogP contribution in [0.15, 0.2) is 84.0 Å². The highest BCUT2D eigenvalue weighted by Crippen LogP contribution is 2.30. The maximum absolute atomic E-state index is 6.31. The van der Waals surface area contributed by atoms with Crippen LogP contribution in [0.1, 0.15) is 11.4 Å². The van der Waals surface area contributed by atoms with E-state index >= 15 is 0 Å². The predicted molar refractivity (Wildman–Crippen MR) is 120 cm³/mol. The molecule has 152 valence electrons. The number of benzene rings is 3. The van der Waals surface area contributed by atoms with Crippen LogP contribution in [-0.4, -0.2) is 21.9 Å². The van der Waals surface area contributed by atoms with Crippen molar-refractivity contribution in [3.8, 4) is 17.2 Å². The van der Waals surface area contributed by atoms with Crippen molar-refractivity contribution in [3.63, 3.8) is 0 Å². The van der Waals surface area contributed by atoms with Gasteiger partial charge in [0.2, 0.25) is 0 Å². The first kappa shape index (κ1) is 20.3. The molecule has 7 heteroatoms. The van der Waals surface area contributed by atoms with E-state index in [0.29, 0.717) is 23.1 Å². The van der Waals surface area contributed by atoms with Gasteiger partial charge in [-0.05, 0) is 35.9 Å². The molecular weight excluding hydrogens is 418 g/mol. The van der Waals surface area contributed by atoms with Gasteiger partial charge in [-0.25, -0.2) is 0 Å². The minimum atomic E-state index is 0.259. The number of methoxy groups -OCH3 is 1. The highest BCUT2D eigenvalue weighted by molar-refractivity contribution is 7.98. The number of ether oxygens (including phenoxy) is 2. The summed E-state index contributed by atoms with van der Waals surface area (Å²) in [6.07, 6.45) is 0. The molecule has 0 amide bonds. The normalized spacial score (nSPS) is 10.7. The van der Waals surface area contributed by atoms with Gasteiger partial charge >= 0.3 is 0 Å². The molecule has 3 aromatic carbocycles. The number of para-hydroxylation sites is 3. The molecule has 0 unspecified atom stereocenters. The number of thioether (sulfide) groups is 1. The lowest BCUT2D eigenvalue weighted by Crippen LogP contribution is -2.07. The van der Waals surface area contributed by atoms with E-state index < -0.39 is 0 Å². The molecule has 0 radical (unpaired) electrons. The number of hydrogen-bond donors (Lipinski definition) is 0. The molecule has 0 saturated carbocycles. The summed E-state index contributed by atoms with van der Waals surface area (Å²) >= 11 is 7.89. The first-order valence-electron chi connectivity index (χ1n) is 9.38. The van der Waals surface area contributed by atoms with E-state index in [1.165, 1.54) is 0 Å². The third kappa shape index (κ3) is 4.61. The summed E-state index contributed by atoms with van der Waals surface area (Å²) in [6, 6.07) is 25.4.